The van der Waals surface area contributed by atoms with E-state index in [1.807, 2.05) is 37.3 Å². The summed E-state index contributed by atoms with van der Waals surface area (Å²) in [5.41, 5.74) is 1.64. The van der Waals surface area contributed by atoms with Crippen LogP contribution in [0.5, 0.6) is 0 Å². The number of nitrogens with one attached hydrogen (secondary N) is 2. The van der Waals surface area contributed by atoms with Crippen LogP contribution in [0.2, 0.25) is 5.02 Å². The van der Waals surface area contributed by atoms with Crippen molar-refractivity contribution >= 4 is 35.0 Å². The van der Waals surface area contributed by atoms with Crippen LogP contribution < -0.4 is 15.6 Å². The first-order chi connectivity index (χ1) is 12.5. The standard InChI is InChI=1S/C18H16ClN3O3S/c1-11-14(19)9-6-10-15(11)20-16(23)12(2)26-17-18(24)25-21-22(17)13-7-4-3-5-8-13/h3-10,12H,1-2H3,(H-,20,21,23,24)/p+1. The number of halogens is 1. The van der Waals surface area contributed by atoms with Crippen molar-refractivity contribution in [3.8, 4) is 5.69 Å². The predicted octanol–water partition coefficient (Wildman–Crippen LogP) is 3.33. The molecular weight excluding hydrogens is 374 g/mol. The zero-order chi connectivity index (χ0) is 18.7. The molecule has 2 aromatic carbocycles. The molecule has 1 aromatic heterocycles. The van der Waals surface area contributed by atoms with Crippen molar-refractivity contribution in [1.82, 2.24) is 5.27 Å². The smallest absolute Gasteiger partial charge is 0.325 e. The van der Waals surface area contributed by atoms with Crippen LogP contribution in [0.4, 0.5) is 5.69 Å². The van der Waals surface area contributed by atoms with Gasteiger partial charge in [-0.2, -0.15) is 0 Å². The first-order valence-corrected chi connectivity index (χ1v) is 9.14. The molecule has 3 rings (SSSR count). The molecule has 1 heterocycles. The summed E-state index contributed by atoms with van der Waals surface area (Å²) in [5.74, 6) is -0.236. The van der Waals surface area contributed by atoms with Gasteiger partial charge in [-0.1, -0.05) is 35.9 Å². The monoisotopic (exact) mass is 390 g/mol. The highest BCUT2D eigenvalue weighted by molar-refractivity contribution is 8.00. The number of aromatic amines is 1. The molecule has 3 aromatic rings. The van der Waals surface area contributed by atoms with Gasteiger partial charge < -0.3 is 5.32 Å². The average Bonchev–Trinajstić information content (AvgIpc) is 3.00. The SMILES string of the molecule is Cc1c(Cl)cccc1NC(=O)C(C)Sc1c(=O)o[nH][n+]1-c1ccccc1. The maximum Gasteiger partial charge on any atom is 0.442 e. The van der Waals surface area contributed by atoms with Gasteiger partial charge in [-0.05, 0) is 53.3 Å². The van der Waals surface area contributed by atoms with Crippen LogP contribution in [0.1, 0.15) is 12.5 Å². The van der Waals surface area contributed by atoms with Gasteiger partial charge in [-0.15, -0.1) is 0 Å². The van der Waals surface area contributed by atoms with Crippen molar-refractivity contribution in [2.75, 3.05) is 5.32 Å². The Hall–Kier alpha value is -2.51. The van der Waals surface area contributed by atoms with Crippen LogP contribution in [0.15, 0.2) is 62.9 Å². The fourth-order valence-electron chi connectivity index (χ4n) is 2.31. The number of carbonyl (C=O) groups is 1. The molecule has 0 saturated carbocycles. The average molecular weight is 391 g/mol. The summed E-state index contributed by atoms with van der Waals surface area (Å²) >= 11 is 7.20. The van der Waals surface area contributed by atoms with Crippen LogP contribution in [0.3, 0.4) is 0 Å². The van der Waals surface area contributed by atoms with Crippen LogP contribution >= 0.6 is 23.4 Å². The molecule has 0 saturated heterocycles. The molecule has 0 fully saturated rings. The first kappa shape index (κ1) is 18.3. The number of nitrogens with zero attached hydrogens (tertiary/aromatic N) is 1. The number of amides is 1. The highest BCUT2D eigenvalue weighted by atomic mass is 35.5. The zero-order valence-electron chi connectivity index (χ0n) is 14.2. The van der Waals surface area contributed by atoms with Gasteiger partial charge in [0.25, 0.3) is 0 Å². The van der Waals surface area contributed by atoms with Gasteiger partial charge in [0.2, 0.25) is 11.6 Å². The van der Waals surface area contributed by atoms with Gasteiger partial charge in [0.1, 0.15) is 0 Å². The number of benzene rings is 2. The van der Waals surface area contributed by atoms with Crippen molar-refractivity contribution in [3.63, 3.8) is 0 Å². The summed E-state index contributed by atoms with van der Waals surface area (Å²) in [5, 5.41) is 5.75. The molecule has 1 atom stereocenters. The Morgan fingerprint density at radius 2 is 1.96 bits per heavy atom. The lowest BCUT2D eigenvalue weighted by Gasteiger charge is -2.12. The first-order valence-electron chi connectivity index (χ1n) is 7.89. The van der Waals surface area contributed by atoms with E-state index in [2.05, 4.69) is 10.6 Å². The molecule has 0 bridgehead atoms. The van der Waals surface area contributed by atoms with Gasteiger partial charge in [0, 0.05) is 22.8 Å². The van der Waals surface area contributed by atoms with E-state index in [1.54, 1.807) is 25.1 Å². The minimum Gasteiger partial charge on any atom is -0.325 e. The predicted molar refractivity (Wildman–Crippen MR) is 101 cm³/mol. The molecule has 0 radical (unpaired) electrons. The fourth-order valence-corrected chi connectivity index (χ4v) is 3.37. The summed E-state index contributed by atoms with van der Waals surface area (Å²) in [6.45, 7) is 3.56. The molecule has 26 heavy (non-hydrogen) atoms. The summed E-state index contributed by atoms with van der Waals surface area (Å²) in [6, 6.07) is 14.5. The molecule has 134 valence electrons. The van der Waals surface area contributed by atoms with E-state index in [9.17, 15) is 9.59 Å². The van der Waals surface area contributed by atoms with E-state index in [0.717, 1.165) is 23.0 Å². The van der Waals surface area contributed by atoms with Crippen LogP contribution in [0.25, 0.3) is 5.69 Å². The molecule has 0 aliphatic rings. The second kappa shape index (κ2) is 7.80. The number of aromatic nitrogens is 2. The largest absolute Gasteiger partial charge is 0.442 e. The summed E-state index contributed by atoms with van der Waals surface area (Å²) in [7, 11) is 0. The van der Waals surface area contributed by atoms with Gasteiger partial charge in [-0.25, -0.2) is 4.79 Å². The second-order valence-electron chi connectivity index (χ2n) is 5.62. The highest BCUT2D eigenvalue weighted by Gasteiger charge is 2.29. The van der Waals surface area contributed by atoms with Gasteiger partial charge >= 0.3 is 10.7 Å². The number of H-pyrrole nitrogens is 1. The van der Waals surface area contributed by atoms with Crippen LogP contribution in [-0.2, 0) is 4.79 Å². The number of rotatable bonds is 5. The normalized spacial score (nSPS) is 12.0. The molecule has 2 N–H and O–H groups in total. The van der Waals surface area contributed by atoms with Gasteiger partial charge in [0.15, 0.2) is 0 Å². The molecule has 0 aliphatic carbocycles. The van der Waals surface area contributed by atoms with E-state index in [-0.39, 0.29) is 5.91 Å². The summed E-state index contributed by atoms with van der Waals surface area (Å²) < 4.78 is 6.41. The minimum atomic E-state index is -0.530. The Labute approximate surface area is 159 Å². The number of para-hydroxylation sites is 1. The van der Waals surface area contributed by atoms with E-state index in [0.29, 0.717) is 15.7 Å². The number of carbonyl (C=O) groups excluding carboxylic acids is 1. The fraction of sp³-hybridized carbons (Fsp3) is 0.167. The molecule has 1 amide bonds. The minimum absolute atomic E-state index is 0.236. The van der Waals surface area contributed by atoms with E-state index < -0.39 is 10.9 Å². The Kier molecular flexibility index (Phi) is 5.49. The molecule has 0 spiro atoms. The van der Waals surface area contributed by atoms with Crippen LogP contribution in [-0.4, -0.2) is 16.4 Å². The van der Waals surface area contributed by atoms with Crippen molar-refractivity contribution < 1.29 is 14.0 Å². The third-order valence-electron chi connectivity index (χ3n) is 3.80. The molecule has 6 nitrogen and oxygen atoms in total. The highest BCUT2D eigenvalue weighted by Crippen LogP contribution is 2.25. The van der Waals surface area contributed by atoms with E-state index >= 15 is 0 Å². The molecule has 0 aliphatic heterocycles. The summed E-state index contributed by atoms with van der Waals surface area (Å²) in [4.78, 5) is 24.6. The number of anilines is 1. The maximum absolute atomic E-state index is 12.5. The van der Waals surface area contributed by atoms with Crippen molar-refractivity contribution in [2.24, 2.45) is 0 Å². The lowest BCUT2D eigenvalue weighted by atomic mass is 10.2. The third kappa shape index (κ3) is 3.84. The van der Waals surface area contributed by atoms with Gasteiger partial charge in [0.05, 0.1) is 5.25 Å². The summed E-state index contributed by atoms with van der Waals surface area (Å²) in [6.07, 6.45) is 0. The third-order valence-corrected chi connectivity index (χ3v) is 5.35. The lowest BCUT2D eigenvalue weighted by Crippen LogP contribution is -2.37. The quantitative estimate of drug-likeness (QED) is 0.517. The topological polar surface area (TPSA) is 79.0 Å². The lowest BCUT2D eigenvalue weighted by molar-refractivity contribution is -0.704. The number of hydrogen-bond donors (Lipinski definition) is 2. The van der Waals surface area contributed by atoms with Crippen LogP contribution in [0, 0.1) is 6.92 Å². The van der Waals surface area contributed by atoms with E-state index in [1.165, 1.54) is 4.68 Å². The molecular formula is C18H17ClN3O3S+. The maximum atomic E-state index is 12.5. The van der Waals surface area contributed by atoms with Crippen molar-refractivity contribution in [2.45, 2.75) is 24.1 Å². The number of thioether (sulfide) groups is 1. The van der Waals surface area contributed by atoms with Crippen molar-refractivity contribution in [1.29, 1.82) is 0 Å². The second-order valence-corrected chi connectivity index (χ2v) is 7.36. The number of hydrogen-bond acceptors (Lipinski definition) is 4. The van der Waals surface area contributed by atoms with E-state index in [4.69, 9.17) is 16.1 Å². The van der Waals surface area contributed by atoms with Gasteiger partial charge in [-0.3, -0.25) is 9.32 Å². The Morgan fingerprint density at radius 3 is 2.69 bits per heavy atom. The zero-order valence-corrected chi connectivity index (χ0v) is 15.7. The Bertz CT molecular complexity index is 985. The molecule has 8 heteroatoms. The Morgan fingerprint density at radius 1 is 1.23 bits per heavy atom. The Balaban J connectivity index is 1.79. The van der Waals surface area contributed by atoms with Crippen molar-refractivity contribution in [3.05, 3.63) is 69.5 Å². The molecule has 1 unspecified atom stereocenters.